The van der Waals surface area contributed by atoms with Crippen molar-refractivity contribution in [3.05, 3.63) is 64.1 Å². The molecule has 0 bridgehead atoms. The molecule has 8 heteroatoms. The van der Waals surface area contributed by atoms with Gasteiger partial charge in [0.15, 0.2) is 0 Å². The van der Waals surface area contributed by atoms with E-state index in [1.165, 1.54) is 0 Å². The molecular weight excluding hydrogens is 440 g/mol. The molecule has 1 aliphatic heterocycles. The fourth-order valence-corrected chi connectivity index (χ4v) is 4.82. The second-order valence-electron chi connectivity index (χ2n) is 9.41. The zero-order valence-electron chi connectivity index (χ0n) is 21.3. The molecule has 4 rings (SSSR count). The van der Waals surface area contributed by atoms with Crippen molar-refractivity contribution in [3.8, 4) is 11.8 Å². The second-order valence-corrected chi connectivity index (χ2v) is 9.41. The number of rotatable bonds is 8. The van der Waals surface area contributed by atoms with Crippen LogP contribution >= 0.6 is 0 Å². The molecule has 0 saturated carbocycles. The van der Waals surface area contributed by atoms with Gasteiger partial charge in [-0.2, -0.15) is 10.4 Å². The number of aromatic nitrogens is 3. The molecule has 1 atom stereocenters. The standard InChI is InChI=1S/C27H34N6O2/c1-18-20(3)32(15-23-12-9-13-35-23)27(24(18)14-28)29-26(34)17-31(5)16-25-19(2)30-33(21(25)4)22-10-7-6-8-11-22/h6-8,10-11,23H,9,12-13,15-17H2,1-5H3,(H,29,34). The van der Waals surface area contributed by atoms with E-state index >= 15 is 0 Å². The Morgan fingerprint density at radius 1 is 1.23 bits per heavy atom. The molecule has 2 aromatic heterocycles. The molecule has 35 heavy (non-hydrogen) atoms. The van der Waals surface area contributed by atoms with Crippen LogP contribution in [0.5, 0.6) is 0 Å². The Morgan fingerprint density at radius 3 is 2.63 bits per heavy atom. The first kappa shape index (κ1) is 24.7. The average Bonchev–Trinajstić information content (AvgIpc) is 3.51. The lowest BCUT2D eigenvalue weighted by molar-refractivity contribution is -0.117. The van der Waals surface area contributed by atoms with Crippen molar-refractivity contribution in [2.75, 3.05) is 25.5 Å². The largest absolute Gasteiger partial charge is 0.376 e. The highest BCUT2D eigenvalue weighted by Crippen LogP contribution is 2.28. The summed E-state index contributed by atoms with van der Waals surface area (Å²) in [5, 5.41) is 17.5. The fraction of sp³-hybridized carbons (Fsp3) is 0.444. The Balaban J connectivity index is 1.47. The minimum absolute atomic E-state index is 0.109. The minimum Gasteiger partial charge on any atom is -0.376 e. The molecule has 8 nitrogen and oxygen atoms in total. The third-order valence-corrected chi connectivity index (χ3v) is 6.89. The molecule has 1 amide bonds. The SMILES string of the molecule is Cc1nn(-c2ccccc2)c(C)c1CN(C)CC(=O)Nc1c(C#N)c(C)c(C)n1CC1CCCO1. The van der Waals surface area contributed by atoms with Crippen LogP contribution in [-0.4, -0.2) is 51.5 Å². The number of nitrogens with one attached hydrogen (secondary N) is 1. The molecule has 1 unspecified atom stereocenters. The summed E-state index contributed by atoms with van der Waals surface area (Å²) in [6.07, 6.45) is 2.14. The Labute approximate surface area is 207 Å². The number of nitriles is 1. The van der Waals surface area contributed by atoms with Gasteiger partial charge in [-0.3, -0.25) is 9.69 Å². The summed E-state index contributed by atoms with van der Waals surface area (Å²) in [4.78, 5) is 15.0. The highest BCUT2D eigenvalue weighted by Gasteiger charge is 2.24. The van der Waals surface area contributed by atoms with Crippen molar-refractivity contribution in [2.45, 2.75) is 59.7 Å². The molecule has 1 aliphatic rings. The van der Waals surface area contributed by atoms with Gasteiger partial charge in [0.1, 0.15) is 11.9 Å². The van der Waals surface area contributed by atoms with Crippen LogP contribution in [0.25, 0.3) is 5.69 Å². The molecule has 1 N–H and O–H groups in total. The van der Waals surface area contributed by atoms with E-state index in [1.807, 2.05) is 72.3 Å². The van der Waals surface area contributed by atoms with Gasteiger partial charge in [0.2, 0.25) is 5.91 Å². The Morgan fingerprint density at radius 2 is 1.97 bits per heavy atom. The van der Waals surface area contributed by atoms with Gasteiger partial charge in [0, 0.05) is 30.1 Å². The maximum Gasteiger partial charge on any atom is 0.239 e. The number of ether oxygens (including phenoxy) is 1. The van der Waals surface area contributed by atoms with E-state index in [0.717, 1.165) is 53.3 Å². The van der Waals surface area contributed by atoms with Gasteiger partial charge in [0.05, 0.1) is 36.1 Å². The average molecular weight is 475 g/mol. The quantitative estimate of drug-likeness (QED) is 0.533. The molecule has 0 spiro atoms. The van der Waals surface area contributed by atoms with Crippen LogP contribution in [-0.2, 0) is 22.6 Å². The van der Waals surface area contributed by atoms with E-state index in [2.05, 4.69) is 18.3 Å². The molecular formula is C27H34N6O2. The lowest BCUT2D eigenvalue weighted by Crippen LogP contribution is -2.31. The van der Waals surface area contributed by atoms with Crippen molar-refractivity contribution in [3.63, 3.8) is 0 Å². The smallest absolute Gasteiger partial charge is 0.239 e. The summed E-state index contributed by atoms with van der Waals surface area (Å²) >= 11 is 0. The van der Waals surface area contributed by atoms with E-state index in [0.29, 0.717) is 24.5 Å². The first-order valence-electron chi connectivity index (χ1n) is 12.1. The number of likely N-dealkylation sites (N-methyl/N-ethyl adjacent to an activating group) is 1. The van der Waals surface area contributed by atoms with Crippen LogP contribution in [0.3, 0.4) is 0 Å². The molecule has 1 saturated heterocycles. The second kappa shape index (κ2) is 10.5. The summed E-state index contributed by atoms with van der Waals surface area (Å²) in [5.74, 6) is 0.418. The molecule has 1 fully saturated rings. The highest BCUT2D eigenvalue weighted by atomic mass is 16.5. The van der Waals surface area contributed by atoms with Gasteiger partial charge in [-0.1, -0.05) is 18.2 Å². The zero-order valence-corrected chi connectivity index (χ0v) is 21.3. The number of hydrogen-bond acceptors (Lipinski definition) is 5. The highest BCUT2D eigenvalue weighted by molar-refractivity contribution is 5.93. The number of amides is 1. The van der Waals surface area contributed by atoms with Gasteiger partial charge in [0.25, 0.3) is 0 Å². The van der Waals surface area contributed by atoms with Crippen molar-refractivity contribution in [1.82, 2.24) is 19.2 Å². The van der Waals surface area contributed by atoms with Crippen molar-refractivity contribution >= 4 is 11.7 Å². The Hall–Kier alpha value is -3.41. The molecule has 1 aromatic carbocycles. The predicted octanol–water partition coefficient (Wildman–Crippen LogP) is 4.03. The molecule has 3 aromatic rings. The van der Waals surface area contributed by atoms with Crippen LogP contribution in [0.15, 0.2) is 30.3 Å². The number of carbonyl (C=O) groups excluding carboxylic acids is 1. The van der Waals surface area contributed by atoms with Gasteiger partial charge in [-0.15, -0.1) is 0 Å². The molecule has 3 heterocycles. The number of anilines is 1. The lowest BCUT2D eigenvalue weighted by atomic mass is 10.2. The van der Waals surface area contributed by atoms with E-state index in [9.17, 15) is 10.1 Å². The zero-order chi connectivity index (χ0) is 25.1. The first-order valence-corrected chi connectivity index (χ1v) is 12.1. The van der Waals surface area contributed by atoms with Gasteiger partial charge >= 0.3 is 0 Å². The number of carbonyl (C=O) groups is 1. The summed E-state index contributed by atoms with van der Waals surface area (Å²) in [5.41, 5.74) is 6.53. The van der Waals surface area contributed by atoms with Crippen LogP contribution in [0.4, 0.5) is 5.82 Å². The topological polar surface area (TPSA) is 88.1 Å². The Kier molecular flexibility index (Phi) is 7.39. The lowest BCUT2D eigenvalue weighted by Gasteiger charge is -2.19. The van der Waals surface area contributed by atoms with Crippen molar-refractivity contribution < 1.29 is 9.53 Å². The van der Waals surface area contributed by atoms with Gasteiger partial charge < -0.3 is 14.6 Å². The summed E-state index contributed by atoms with van der Waals surface area (Å²) in [7, 11) is 1.92. The van der Waals surface area contributed by atoms with Crippen LogP contribution in [0.1, 0.15) is 46.6 Å². The van der Waals surface area contributed by atoms with Crippen molar-refractivity contribution in [2.24, 2.45) is 0 Å². The third kappa shape index (κ3) is 5.16. The van der Waals surface area contributed by atoms with Crippen LogP contribution < -0.4 is 5.32 Å². The molecule has 0 aliphatic carbocycles. The molecule has 184 valence electrons. The summed E-state index contributed by atoms with van der Waals surface area (Å²) < 4.78 is 9.78. The van der Waals surface area contributed by atoms with Crippen LogP contribution in [0.2, 0.25) is 0 Å². The maximum absolute atomic E-state index is 13.1. The number of nitrogens with zero attached hydrogens (tertiary/aromatic N) is 5. The number of aryl methyl sites for hydroxylation is 1. The van der Waals surface area contributed by atoms with E-state index < -0.39 is 0 Å². The predicted molar refractivity (Wildman–Crippen MR) is 136 cm³/mol. The minimum atomic E-state index is -0.152. The van der Waals surface area contributed by atoms with Crippen molar-refractivity contribution in [1.29, 1.82) is 5.26 Å². The number of benzene rings is 1. The first-order chi connectivity index (χ1) is 16.8. The monoisotopic (exact) mass is 474 g/mol. The normalized spacial score (nSPS) is 15.5. The van der Waals surface area contributed by atoms with Gasteiger partial charge in [-0.05, 0) is 65.3 Å². The number of hydrogen-bond donors (Lipinski definition) is 1. The van der Waals surface area contributed by atoms with Crippen LogP contribution in [0, 0.1) is 39.0 Å². The third-order valence-electron chi connectivity index (χ3n) is 6.89. The van der Waals surface area contributed by atoms with Gasteiger partial charge in [-0.25, -0.2) is 4.68 Å². The summed E-state index contributed by atoms with van der Waals surface area (Å²) in [6, 6.07) is 12.3. The number of para-hydroxylation sites is 1. The molecule has 0 radical (unpaired) electrons. The van der Waals surface area contributed by atoms with E-state index in [1.54, 1.807) is 0 Å². The fourth-order valence-electron chi connectivity index (χ4n) is 4.82. The van der Waals surface area contributed by atoms with E-state index in [-0.39, 0.29) is 18.6 Å². The van der Waals surface area contributed by atoms with E-state index in [4.69, 9.17) is 9.84 Å². The summed E-state index contributed by atoms with van der Waals surface area (Å²) in [6.45, 7) is 10.2. The Bertz CT molecular complexity index is 1250. The maximum atomic E-state index is 13.1.